The van der Waals surface area contributed by atoms with Crippen LogP contribution < -0.4 is 5.32 Å². The molecule has 0 unspecified atom stereocenters. The first-order chi connectivity index (χ1) is 6.13. The Kier molecular flexibility index (Phi) is 3.68. The van der Waals surface area contributed by atoms with Gasteiger partial charge >= 0.3 is 6.09 Å². The first kappa shape index (κ1) is 10.5. The van der Waals surface area contributed by atoms with Crippen LogP contribution in [-0.2, 0) is 5.33 Å². The number of pyridine rings is 1. The van der Waals surface area contributed by atoms with E-state index in [1.54, 1.807) is 12.1 Å². The van der Waals surface area contributed by atoms with Crippen LogP contribution in [0.25, 0.3) is 0 Å². The number of rotatable bonds is 2. The number of alkyl halides is 1. The Hall–Kier alpha value is -0.620. The molecular formula is C7H6Br2N2O2. The van der Waals surface area contributed by atoms with Crippen molar-refractivity contribution < 1.29 is 9.90 Å². The molecule has 0 bridgehead atoms. The highest BCUT2D eigenvalue weighted by molar-refractivity contribution is 9.10. The fourth-order valence-electron chi connectivity index (χ4n) is 0.757. The second-order valence-electron chi connectivity index (χ2n) is 2.19. The van der Waals surface area contributed by atoms with Crippen molar-refractivity contribution >= 4 is 43.8 Å². The lowest BCUT2D eigenvalue weighted by atomic mass is 10.4. The highest BCUT2D eigenvalue weighted by Crippen LogP contribution is 2.19. The lowest BCUT2D eigenvalue weighted by Crippen LogP contribution is -2.09. The van der Waals surface area contributed by atoms with E-state index >= 15 is 0 Å². The normalized spacial score (nSPS) is 9.69. The molecular weight excluding hydrogens is 304 g/mol. The molecule has 0 saturated carbocycles. The monoisotopic (exact) mass is 308 g/mol. The molecule has 2 N–H and O–H groups in total. The SMILES string of the molecule is O=C(O)Nc1ccc(Br)c(CBr)n1. The Morgan fingerprint density at radius 3 is 2.85 bits per heavy atom. The van der Waals surface area contributed by atoms with Gasteiger partial charge in [0.15, 0.2) is 0 Å². The van der Waals surface area contributed by atoms with Crippen LogP contribution >= 0.6 is 31.9 Å². The number of carbonyl (C=O) groups is 1. The van der Waals surface area contributed by atoms with Gasteiger partial charge in [-0.05, 0) is 28.1 Å². The number of hydrogen-bond donors (Lipinski definition) is 2. The van der Waals surface area contributed by atoms with Gasteiger partial charge in [0.2, 0.25) is 0 Å². The Morgan fingerprint density at radius 2 is 2.31 bits per heavy atom. The minimum absolute atomic E-state index is 0.324. The highest BCUT2D eigenvalue weighted by atomic mass is 79.9. The Bertz CT molecular complexity index is 330. The zero-order valence-electron chi connectivity index (χ0n) is 6.42. The van der Waals surface area contributed by atoms with E-state index in [2.05, 4.69) is 42.2 Å². The molecule has 0 spiro atoms. The van der Waals surface area contributed by atoms with E-state index in [4.69, 9.17) is 5.11 Å². The van der Waals surface area contributed by atoms with Gasteiger partial charge in [0.05, 0.1) is 5.69 Å². The number of aromatic nitrogens is 1. The Balaban J connectivity index is 2.92. The van der Waals surface area contributed by atoms with Crippen molar-refractivity contribution in [3.8, 4) is 0 Å². The van der Waals surface area contributed by atoms with Crippen LogP contribution in [0.4, 0.5) is 10.6 Å². The van der Waals surface area contributed by atoms with Crippen molar-refractivity contribution in [1.82, 2.24) is 4.98 Å². The van der Waals surface area contributed by atoms with E-state index < -0.39 is 6.09 Å². The summed E-state index contributed by atoms with van der Waals surface area (Å²) in [5.41, 5.74) is 0.756. The summed E-state index contributed by atoms with van der Waals surface area (Å²) in [4.78, 5) is 14.3. The van der Waals surface area contributed by atoms with Gasteiger partial charge in [-0.1, -0.05) is 15.9 Å². The second kappa shape index (κ2) is 4.57. The Morgan fingerprint density at radius 1 is 1.62 bits per heavy atom. The number of hydrogen-bond acceptors (Lipinski definition) is 2. The number of carboxylic acid groups (broad SMARTS) is 1. The Labute approximate surface area is 91.6 Å². The smallest absolute Gasteiger partial charge is 0.410 e. The van der Waals surface area contributed by atoms with Gasteiger partial charge in [0.1, 0.15) is 5.82 Å². The first-order valence-corrected chi connectivity index (χ1v) is 5.26. The second-order valence-corrected chi connectivity index (χ2v) is 3.60. The van der Waals surface area contributed by atoms with Crippen LogP contribution in [-0.4, -0.2) is 16.2 Å². The number of amides is 1. The molecule has 0 radical (unpaired) electrons. The third-order valence-electron chi connectivity index (χ3n) is 1.28. The maximum absolute atomic E-state index is 10.3. The van der Waals surface area contributed by atoms with Crippen molar-refractivity contribution in [2.24, 2.45) is 0 Å². The number of nitrogens with one attached hydrogen (secondary N) is 1. The number of nitrogens with zero attached hydrogens (tertiary/aromatic N) is 1. The zero-order chi connectivity index (χ0) is 9.84. The van der Waals surface area contributed by atoms with Gasteiger partial charge in [-0.15, -0.1) is 0 Å². The molecule has 1 amide bonds. The molecule has 0 saturated heterocycles. The van der Waals surface area contributed by atoms with Crippen LogP contribution in [0.3, 0.4) is 0 Å². The van der Waals surface area contributed by atoms with Crippen LogP contribution in [0.5, 0.6) is 0 Å². The van der Waals surface area contributed by atoms with Crippen LogP contribution in [0.1, 0.15) is 5.69 Å². The summed E-state index contributed by atoms with van der Waals surface area (Å²) >= 11 is 6.53. The molecule has 1 rings (SSSR count). The molecule has 1 aromatic heterocycles. The maximum Gasteiger partial charge on any atom is 0.410 e. The predicted octanol–water partition coefficient (Wildman–Crippen LogP) is 2.83. The van der Waals surface area contributed by atoms with Gasteiger partial charge < -0.3 is 5.11 Å². The summed E-state index contributed by atoms with van der Waals surface area (Å²) in [5.74, 6) is 0.324. The van der Waals surface area contributed by atoms with Crippen molar-refractivity contribution in [1.29, 1.82) is 0 Å². The number of anilines is 1. The van der Waals surface area contributed by atoms with Crippen LogP contribution in [0, 0.1) is 0 Å². The van der Waals surface area contributed by atoms with Gasteiger partial charge in [0, 0.05) is 9.80 Å². The standard InChI is InChI=1S/C7H6Br2N2O2/c8-3-5-4(9)1-2-6(10-5)11-7(12)13/h1-2H,3H2,(H,10,11)(H,12,13). The summed E-state index contributed by atoms with van der Waals surface area (Å²) in [5, 5.41) is 11.2. The molecule has 6 heteroatoms. The lowest BCUT2D eigenvalue weighted by molar-refractivity contribution is 0.209. The topological polar surface area (TPSA) is 62.2 Å². The van der Waals surface area contributed by atoms with E-state index in [0.717, 1.165) is 10.2 Å². The van der Waals surface area contributed by atoms with Crippen molar-refractivity contribution in [2.75, 3.05) is 5.32 Å². The fraction of sp³-hybridized carbons (Fsp3) is 0.143. The van der Waals surface area contributed by atoms with Crippen molar-refractivity contribution in [3.05, 3.63) is 22.3 Å². The van der Waals surface area contributed by atoms with E-state index in [1.165, 1.54) is 0 Å². The van der Waals surface area contributed by atoms with Gasteiger partial charge in [-0.2, -0.15) is 0 Å². The fourth-order valence-corrected chi connectivity index (χ4v) is 1.92. The van der Waals surface area contributed by atoms with E-state index in [-0.39, 0.29) is 0 Å². The molecule has 70 valence electrons. The molecule has 0 aliphatic heterocycles. The molecule has 1 aromatic rings. The van der Waals surface area contributed by atoms with Gasteiger partial charge in [-0.25, -0.2) is 9.78 Å². The molecule has 0 aromatic carbocycles. The van der Waals surface area contributed by atoms with Gasteiger partial charge in [-0.3, -0.25) is 5.32 Å². The average molecular weight is 310 g/mol. The molecule has 0 aliphatic rings. The van der Waals surface area contributed by atoms with Crippen molar-refractivity contribution in [3.63, 3.8) is 0 Å². The highest BCUT2D eigenvalue weighted by Gasteiger charge is 2.03. The third-order valence-corrected chi connectivity index (χ3v) is 2.53. The summed E-state index contributed by atoms with van der Waals surface area (Å²) in [6, 6.07) is 3.33. The van der Waals surface area contributed by atoms with E-state index in [1.807, 2.05) is 0 Å². The zero-order valence-corrected chi connectivity index (χ0v) is 9.59. The van der Waals surface area contributed by atoms with Gasteiger partial charge in [0.25, 0.3) is 0 Å². The largest absolute Gasteiger partial charge is 0.465 e. The summed E-state index contributed by atoms with van der Waals surface area (Å²) in [7, 11) is 0. The van der Waals surface area contributed by atoms with Crippen molar-refractivity contribution in [2.45, 2.75) is 5.33 Å². The van der Waals surface area contributed by atoms with Crippen LogP contribution in [0.15, 0.2) is 16.6 Å². The molecule has 0 aliphatic carbocycles. The molecule has 4 nitrogen and oxygen atoms in total. The summed E-state index contributed by atoms with van der Waals surface area (Å²) in [6.45, 7) is 0. The maximum atomic E-state index is 10.3. The summed E-state index contributed by atoms with van der Waals surface area (Å²) in [6.07, 6.45) is -1.12. The molecule has 13 heavy (non-hydrogen) atoms. The van der Waals surface area contributed by atoms with E-state index in [9.17, 15) is 4.79 Å². The summed E-state index contributed by atoms with van der Waals surface area (Å²) < 4.78 is 0.848. The minimum atomic E-state index is -1.12. The predicted molar refractivity (Wildman–Crippen MR) is 56.2 cm³/mol. The quantitative estimate of drug-likeness (QED) is 0.826. The average Bonchev–Trinajstić information content (AvgIpc) is 2.07. The van der Waals surface area contributed by atoms with E-state index in [0.29, 0.717) is 11.1 Å². The third kappa shape index (κ3) is 2.96. The minimum Gasteiger partial charge on any atom is -0.465 e. The molecule has 0 atom stereocenters. The van der Waals surface area contributed by atoms with Crippen LogP contribution in [0.2, 0.25) is 0 Å². The first-order valence-electron chi connectivity index (χ1n) is 3.35. The lowest BCUT2D eigenvalue weighted by Gasteiger charge is -2.03. The number of halogens is 2. The molecule has 1 heterocycles. The molecule has 0 fully saturated rings.